The zero-order chi connectivity index (χ0) is 18.0. The number of carboxylic acid groups (broad SMARTS) is 1. The van der Waals surface area contributed by atoms with Gasteiger partial charge in [0.2, 0.25) is 0 Å². The van der Waals surface area contributed by atoms with E-state index in [-0.39, 0.29) is 11.5 Å². The Labute approximate surface area is 153 Å². The number of hydrogen-bond donors (Lipinski definition) is 1. The van der Waals surface area contributed by atoms with Crippen molar-refractivity contribution in [3.8, 4) is 0 Å². The molecule has 126 valence electrons. The number of benzene rings is 2. The van der Waals surface area contributed by atoms with Crippen LogP contribution in [0.5, 0.6) is 0 Å². The number of hydrogen-bond acceptors (Lipinski definition) is 4. The SMILES string of the molecule is CN1C(=O)/C(=C/c2ccccc2Cl)SC1=Nc1ccccc1C(=O)O. The van der Waals surface area contributed by atoms with E-state index >= 15 is 0 Å². The molecule has 1 heterocycles. The molecule has 1 saturated heterocycles. The van der Waals surface area contributed by atoms with Crippen LogP contribution in [0.2, 0.25) is 5.02 Å². The third-order valence-corrected chi connectivity index (χ3v) is 4.95. The van der Waals surface area contributed by atoms with Gasteiger partial charge in [0, 0.05) is 12.1 Å². The predicted molar refractivity (Wildman–Crippen MR) is 100 cm³/mol. The van der Waals surface area contributed by atoms with Gasteiger partial charge in [-0.2, -0.15) is 0 Å². The number of rotatable bonds is 3. The molecule has 3 rings (SSSR count). The molecule has 0 aromatic heterocycles. The standard InChI is InChI=1S/C18H13ClN2O3S/c1-21-16(22)15(10-11-6-2-4-8-13(11)19)25-18(21)20-14-9-5-3-7-12(14)17(23)24/h2-10H,1H3,(H,23,24)/b15-10-,20-18?. The Morgan fingerprint density at radius 2 is 1.88 bits per heavy atom. The molecule has 0 atom stereocenters. The Balaban J connectivity index is 1.97. The number of amidine groups is 1. The number of likely N-dealkylation sites (N-methyl/N-ethyl adjacent to an activating group) is 1. The van der Waals surface area contributed by atoms with Gasteiger partial charge in [-0.3, -0.25) is 9.69 Å². The molecule has 5 nitrogen and oxygen atoms in total. The van der Waals surface area contributed by atoms with E-state index < -0.39 is 5.97 Å². The van der Waals surface area contributed by atoms with Gasteiger partial charge in [0.15, 0.2) is 5.17 Å². The van der Waals surface area contributed by atoms with Crippen molar-refractivity contribution in [2.24, 2.45) is 4.99 Å². The zero-order valence-corrected chi connectivity index (χ0v) is 14.7. The van der Waals surface area contributed by atoms with Gasteiger partial charge < -0.3 is 5.11 Å². The monoisotopic (exact) mass is 372 g/mol. The van der Waals surface area contributed by atoms with E-state index in [1.54, 1.807) is 37.4 Å². The second-order valence-electron chi connectivity index (χ2n) is 5.21. The van der Waals surface area contributed by atoms with Crippen LogP contribution in [0.1, 0.15) is 15.9 Å². The topological polar surface area (TPSA) is 70.0 Å². The number of aromatic carboxylic acids is 1. The van der Waals surface area contributed by atoms with Crippen LogP contribution in [0.25, 0.3) is 6.08 Å². The number of amides is 1. The number of para-hydroxylation sites is 1. The minimum Gasteiger partial charge on any atom is -0.478 e. The lowest BCUT2D eigenvalue weighted by atomic mass is 10.2. The minimum absolute atomic E-state index is 0.0833. The van der Waals surface area contributed by atoms with Crippen LogP contribution in [-0.4, -0.2) is 34.1 Å². The highest BCUT2D eigenvalue weighted by Gasteiger charge is 2.30. The highest BCUT2D eigenvalue weighted by Crippen LogP contribution is 2.34. The lowest BCUT2D eigenvalue weighted by Gasteiger charge is -2.08. The van der Waals surface area contributed by atoms with E-state index in [1.165, 1.54) is 22.7 Å². The molecule has 1 fully saturated rings. The van der Waals surface area contributed by atoms with Gasteiger partial charge in [0.25, 0.3) is 5.91 Å². The Morgan fingerprint density at radius 1 is 1.20 bits per heavy atom. The van der Waals surface area contributed by atoms with Crippen molar-refractivity contribution < 1.29 is 14.7 Å². The third kappa shape index (κ3) is 3.60. The fraction of sp³-hybridized carbons (Fsp3) is 0.0556. The van der Waals surface area contributed by atoms with Crippen molar-refractivity contribution in [2.75, 3.05) is 7.05 Å². The third-order valence-electron chi connectivity index (χ3n) is 3.55. The van der Waals surface area contributed by atoms with Gasteiger partial charge >= 0.3 is 5.97 Å². The predicted octanol–water partition coefficient (Wildman–Crippen LogP) is 4.27. The van der Waals surface area contributed by atoms with E-state index in [9.17, 15) is 14.7 Å². The maximum absolute atomic E-state index is 12.4. The summed E-state index contributed by atoms with van der Waals surface area (Å²) in [6.45, 7) is 0. The first-order chi connectivity index (χ1) is 12.0. The number of carboxylic acids is 1. The number of carbonyl (C=O) groups excluding carboxylic acids is 1. The van der Waals surface area contributed by atoms with Crippen LogP contribution < -0.4 is 0 Å². The fourth-order valence-electron chi connectivity index (χ4n) is 2.24. The first-order valence-electron chi connectivity index (χ1n) is 7.30. The summed E-state index contributed by atoms with van der Waals surface area (Å²) in [4.78, 5) is 30.0. The quantitative estimate of drug-likeness (QED) is 0.817. The Bertz CT molecular complexity index is 924. The summed E-state index contributed by atoms with van der Waals surface area (Å²) in [6.07, 6.45) is 1.71. The second-order valence-corrected chi connectivity index (χ2v) is 6.63. The summed E-state index contributed by atoms with van der Waals surface area (Å²) < 4.78 is 0. The van der Waals surface area contributed by atoms with Crippen molar-refractivity contribution >= 4 is 52.2 Å². The molecule has 0 unspecified atom stereocenters. The lowest BCUT2D eigenvalue weighted by molar-refractivity contribution is -0.121. The molecule has 2 aromatic rings. The summed E-state index contributed by atoms with van der Waals surface area (Å²) in [6, 6.07) is 13.6. The van der Waals surface area contributed by atoms with Crippen LogP contribution in [0, 0.1) is 0 Å². The summed E-state index contributed by atoms with van der Waals surface area (Å²) >= 11 is 7.32. The van der Waals surface area contributed by atoms with Crippen LogP contribution in [-0.2, 0) is 4.79 Å². The van der Waals surface area contributed by atoms with Gasteiger partial charge in [0.05, 0.1) is 16.2 Å². The van der Waals surface area contributed by atoms with Crippen molar-refractivity contribution in [3.05, 3.63) is 69.6 Å². The average Bonchev–Trinajstić information content (AvgIpc) is 2.85. The number of thioether (sulfide) groups is 1. The van der Waals surface area contributed by atoms with Gasteiger partial charge in [-0.25, -0.2) is 9.79 Å². The molecule has 1 amide bonds. The molecular formula is C18H13ClN2O3S. The maximum Gasteiger partial charge on any atom is 0.337 e. The molecule has 2 aromatic carbocycles. The van der Waals surface area contributed by atoms with Gasteiger partial charge in [0.1, 0.15) is 0 Å². The average molecular weight is 373 g/mol. The Hall–Kier alpha value is -2.57. The maximum atomic E-state index is 12.4. The minimum atomic E-state index is -1.07. The molecule has 1 N–H and O–H groups in total. The van der Waals surface area contributed by atoms with Crippen molar-refractivity contribution in [3.63, 3.8) is 0 Å². The first kappa shape index (κ1) is 17.3. The van der Waals surface area contributed by atoms with E-state index in [0.29, 0.717) is 20.8 Å². The van der Waals surface area contributed by atoms with Crippen molar-refractivity contribution in [1.29, 1.82) is 0 Å². The number of nitrogens with zero attached hydrogens (tertiary/aromatic N) is 2. The Morgan fingerprint density at radius 3 is 2.60 bits per heavy atom. The highest BCUT2D eigenvalue weighted by atomic mass is 35.5. The molecule has 0 bridgehead atoms. The number of halogens is 1. The van der Waals surface area contributed by atoms with Crippen LogP contribution in [0.4, 0.5) is 5.69 Å². The molecule has 1 aliphatic heterocycles. The molecule has 0 spiro atoms. The summed E-state index contributed by atoms with van der Waals surface area (Å²) in [7, 11) is 1.60. The normalized spacial score (nSPS) is 17.5. The summed E-state index contributed by atoms with van der Waals surface area (Å²) in [5, 5.41) is 10.2. The fourth-order valence-corrected chi connectivity index (χ4v) is 3.40. The van der Waals surface area contributed by atoms with E-state index in [1.807, 2.05) is 18.2 Å². The van der Waals surface area contributed by atoms with E-state index in [2.05, 4.69) is 4.99 Å². The van der Waals surface area contributed by atoms with E-state index in [0.717, 1.165) is 5.56 Å². The van der Waals surface area contributed by atoms with Crippen LogP contribution in [0.3, 0.4) is 0 Å². The summed E-state index contributed by atoms with van der Waals surface area (Å²) in [5.41, 5.74) is 1.12. The van der Waals surface area contributed by atoms with Crippen molar-refractivity contribution in [2.45, 2.75) is 0 Å². The number of aliphatic imine (C=N–C) groups is 1. The number of carbonyl (C=O) groups is 2. The molecule has 25 heavy (non-hydrogen) atoms. The molecule has 0 radical (unpaired) electrons. The Kier molecular flexibility index (Phi) is 4.92. The van der Waals surface area contributed by atoms with Gasteiger partial charge in [-0.1, -0.05) is 41.9 Å². The summed E-state index contributed by atoms with van der Waals surface area (Å²) in [5.74, 6) is -1.28. The van der Waals surface area contributed by atoms with Gasteiger partial charge in [-0.15, -0.1) is 0 Å². The lowest BCUT2D eigenvalue weighted by Crippen LogP contribution is -2.23. The van der Waals surface area contributed by atoms with Crippen molar-refractivity contribution in [1.82, 2.24) is 4.90 Å². The smallest absolute Gasteiger partial charge is 0.337 e. The molecular weight excluding hydrogens is 360 g/mol. The van der Waals surface area contributed by atoms with Crippen LogP contribution >= 0.6 is 23.4 Å². The molecule has 0 aliphatic carbocycles. The van der Waals surface area contributed by atoms with Gasteiger partial charge in [-0.05, 0) is 41.6 Å². The molecule has 1 aliphatic rings. The largest absolute Gasteiger partial charge is 0.478 e. The zero-order valence-electron chi connectivity index (χ0n) is 13.1. The molecule has 7 heteroatoms. The van der Waals surface area contributed by atoms with Crippen LogP contribution in [0.15, 0.2) is 58.4 Å². The highest BCUT2D eigenvalue weighted by molar-refractivity contribution is 8.18. The molecule has 0 saturated carbocycles. The second kappa shape index (κ2) is 7.13. The van der Waals surface area contributed by atoms with E-state index in [4.69, 9.17) is 11.6 Å². The first-order valence-corrected chi connectivity index (χ1v) is 8.50.